The maximum absolute atomic E-state index is 4.72. The first-order valence-electron chi connectivity index (χ1n) is 5.32. The predicted octanol–water partition coefficient (Wildman–Crippen LogP) is 1.86. The van der Waals surface area contributed by atoms with Crippen LogP contribution in [0.4, 0.5) is 0 Å². The van der Waals surface area contributed by atoms with Gasteiger partial charge in [-0.15, -0.1) is 0 Å². The highest BCUT2D eigenvalue weighted by Gasteiger charge is 2.27. The third kappa shape index (κ3) is 1.31. The van der Waals surface area contributed by atoms with E-state index in [1.165, 1.54) is 34.5 Å². The van der Waals surface area contributed by atoms with Crippen LogP contribution in [0.3, 0.4) is 0 Å². The van der Waals surface area contributed by atoms with Gasteiger partial charge in [-0.2, -0.15) is 0 Å². The second-order valence-corrected chi connectivity index (χ2v) is 5.19. The lowest BCUT2D eigenvalue weighted by molar-refractivity contribution is 0.376. The first-order valence-corrected chi connectivity index (χ1v) is 6.39. The molecule has 0 bridgehead atoms. The van der Waals surface area contributed by atoms with Gasteiger partial charge in [-0.25, -0.2) is 4.98 Å². The molecule has 1 aromatic heterocycles. The fourth-order valence-corrected chi connectivity index (χ4v) is 3.00. The Labute approximate surface area is 97.4 Å². The number of fused-ring (bicyclic) bond motifs is 1. The predicted molar refractivity (Wildman–Crippen MR) is 63.2 cm³/mol. The van der Waals surface area contributed by atoms with Crippen molar-refractivity contribution >= 4 is 22.6 Å². The average Bonchev–Trinajstić information content (AvgIpc) is 2.43. The Morgan fingerprint density at radius 2 is 2.29 bits per heavy atom. The van der Waals surface area contributed by atoms with E-state index in [0.717, 1.165) is 25.6 Å². The summed E-state index contributed by atoms with van der Waals surface area (Å²) in [5.74, 6) is 2.12. The fraction of sp³-hybridized carbons (Fsp3) is 0.700. The van der Waals surface area contributed by atoms with E-state index in [2.05, 4.69) is 32.5 Å². The molecule has 1 N–H and O–H groups in total. The summed E-state index contributed by atoms with van der Waals surface area (Å²) in [5.41, 5.74) is 1.40. The molecule has 1 aliphatic carbocycles. The van der Waals surface area contributed by atoms with Crippen molar-refractivity contribution in [2.24, 2.45) is 0 Å². The van der Waals surface area contributed by atoms with Gasteiger partial charge in [0.1, 0.15) is 9.53 Å². The Hall–Kier alpha value is -0.100. The van der Waals surface area contributed by atoms with Gasteiger partial charge < -0.3 is 9.88 Å². The number of halogens is 1. The quantitative estimate of drug-likeness (QED) is 0.803. The third-order valence-electron chi connectivity index (χ3n) is 3.33. The van der Waals surface area contributed by atoms with Crippen molar-refractivity contribution in [1.82, 2.24) is 14.9 Å². The summed E-state index contributed by atoms with van der Waals surface area (Å²) in [4.78, 5) is 4.72. The van der Waals surface area contributed by atoms with E-state index in [-0.39, 0.29) is 0 Å². The van der Waals surface area contributed by atoms with Crippen LogP contribution in [0.25, 0.3) is 0 Å². The van der Waals surface area contributed by atoms with E-state index in [1.807, 2.05) is 0 Å². The molecule has 1 saturated carbocycles. The summed E-state index contributed by atoms with van der Waals surface area (Å²) in [6.07, 6.45) is 4.08. The van der Waals surface area contributed by atoms with Gasteiger partial charge in [-0.05, 0) is 35.4 Å². The Morgan fingerprint density at radius 3 is 3.00 bits per heavy atom. The van der Waals surface area contributed by atoms with Gasteiger partial charge in [0.05, 0.1) is 5.69 Å². The molecule has 4 heteroatoms. The van der Waals surface area contributed by atoms with Crippen molar-refractivity contribution in [3.8, 4) is 0 Å². The van der Waals surface area contributed by atoms with Crippen LogP contribution in [0.5, 0.6) is 0 Å². The van der Waals surface area contributed by atoms with Crippen molar-refractivity contribution in [3.63, 3.8) is 0 Å². The molecule has 2 aliphatic rings. The van der Waals surface area contributed by atoms with E-state index in [4.69, 9.17) is 4.98 Å². The van der Waals surface area contributed by atoms with Crippen LogP contribution in [0.1, 0.15) is 36.7 Å². The summed E-state index contributed by atoms with van der Waals surface area (Å²) in [6, 6.07) is 0. The lowest BCUT2D eigenvalue weighted by Crippen LogP contribution is -2.30. The first kappa shape index (κ1) is 9.15. The van der Waals surface area contributed by atoms with Gasteiger partial charge >= 0.3 is 0 Å². The maximum Gasteiger partial charge on any atom is 0.124 e. The fourth-order valence-electron chi connectivity index (χ4n) is 2.27. The third-order valence-corrected chi connectivity index (χ3v) is 4.19. The van der Waals surface area contributed by atoms with Gasteiger partial charge in [0, 0.05) is 25.6 Å². The summed E-state index contributed by atoms with van der Waals surface area (Å²) >= 11 is 2.37. The molecule has 3 rings (SSSR count). The van der Waals surface area contributed by atoms with Crippen LogP contribution in [0.2, 0.25) is 0 Å². The molecule has 1 aliphatic heterocycles. The standard InChI is InChI=1S/C10H14IN3/c11-9-8-6-12-4-5-14(8)10(13-9)7-2-1-3-7/h7,12H,1-6H2. The minimum atomic E-state index is 0.760. The molecule has 76 valence electrons. The lowest BCUT2D eigenvalue weighted by atomic mass is 9.85. The molecule has 1 aromatic rings. The van der Waals surface area contributed by atoms with E-state index >= 15 is 0 Å². The molecule has 0 aromatic carbocycles. The van der Waals surface area contributed by atoms with Crippen molar-refractivity contribution in [1.29, 1.82) is 0 Å². The number of hydrogen-bond acceptors (Lipinski definition) is 2. The molecule has 0 atom stereocenters. The molecule has 0 unspecified atom stereocenters. The van der Waals surface area contributed by atoms with Crippen LogP contribution in [0, 0.1) is 3.70 Å². The zero-order valence-corrected chi connectivity index (χ0v) is 10.2. The lowest BCUT2D eigenvalue weighted by Gasteiger charge is -2.27. The van der Waals surface area contributed by atoms with Crippen molar-refractivity contribution in [2.45, 2.75) is 38.3 Å². The molecule has 0 amide bonds. The molecular weight excluding hydrogens is 289 g/mol. The minimum absolute atomic E-state index is 0.760. The van der Waals surface area contributed by atoms with E-state index in [9.17, 15) is 0 Å². The summed E-state index contributed by atoms with van der Waals surface area (Å²) in [5, 5.41) is 3.40. The van der Waals surface area contributed by atoms with Crippen molar-refractivity contribution in [3.05, 3.63) is 15.2 Å². The highest BCUT2D eigenvalue weighted by Crippen LogP contribution is 2.37. The second kappa shape index (κ2) is 3.48. The smallest absolute Gasteiger partial charge is 0.124 e. The van der Waals surface area contributed by atoms with Crippen LogP contribution in [0.15, 0.2) is 0 Å². The maximum atomic E-state index is 4.72. The highest BCUT2D eigenvalue weighted by atomic mass is 127. The van der Waals surface area contributed by atoms with Crippen molar-refractivity contribution < 1.29 is 0 Å². The zero-order chi connectivity index (χ0) is 9.54. The Morgan fingerprint density at radius 1 is 1.43 bits per heavy atom. The minimum Gasteiger partial charge on any atom is -0.328 e. The molecule has 0 spiro atoms. The molecule has 0 saturated heterocycles. The topological polar surface area (TPSA) is 29.9 Å². The summed E-state index contributed by atoms with van der Waals surface area (Å²) in [6.45, 7) is 3.20. The number of aromatic nitrogens is 2. The van der Waals surface area contributed by atoms with E-state index < -0.39 is 0 Å². The SMILES string of the molecule is Ic1nc(C2CCC2)n2c1CNCC2. The van der Waals surface area contributed by atoms with Gasteiger partial charge in [0.2, 0.25) is 0 Å². The number of hydrogen-bond donors (Lipinski definition) is 1. The number of rotatable bonds is 1. The molecule has 0 radical (unpaired) electrons. The Balaban J connectivity index is 2.02. The van der Waals surface area contributed by atoms with Gasteiger partial charge in [-0.3, -0.25) is 0 Å². The van der Waals surface area contributed by atoms with Crippen LogP contribution in [-0.4, -0.2) is 16.1 Å². The van der Waals surface area contributed by atoms with Gasteiger partial charge in [0.25, 0.3) is 0 Å². The monoisotopic (exact) mass is 303 g/mol. The summed E-state index contributed by atoms with van der Waals surface area (Å²) in [7, 11) is 0. The Kier molecular flexibility index (Phi) is 2.28. The van der Waals surface area contributed by atoms with Gasteiger partial charge in [0.15, 0.2) is 0 Å². The molecule has 2 heterocycles. The van der Waals surface area contributed by atoms with E-state index in [1.54, 1.807) is 0 Å². The molecule has 1 fully saturated rings. The Bertz CT molecular complexity index is 354. The van der Waals surface area contributed by atoms with Crippen LogP contribution >= 0.6 is 22.6 Å². The molecular formula is C10H14IN3. The van der Waals surface area contributed by atoms with Crippen LogP contribution in [-0.2, 0) is 13.1 Å². The molecule has 3 nitrogen and oxygen atoms in total. The normalized spacial score (nSPS) is 21.8. The summed E-state index contributed by atoms with van der Waals surface area (Å²) < 4.78 is 3.65. The first-order chi connectivity index (χ1) is 6.86. The van der Waals surface area contributed by atoms with Crippen molar-refractivity contribution in [2.75, 3.05) is 6.54 Å². The number of nitrogens with one attached hydrogen (secondary N) is 1. The number of nitrogens with zero attached hydrogens (tertiary/aromatic N) is 2. The van der Waals surface area contributed by atoms with Crippen LogP contribution < -0.4 is 5.32 Å². The largest absolute Gasteiger partial charge is 0.328 e. The second-order valence-electron chi connectivity index (χ2n) is 4.16. The number of imidazole rings is 1. The average molecular weight is 303 g/mol. The highest BCUT2D eigenvalue weighted by molar-refractivity contribution is 14.1. The molecule has 14 heavy (non-hydrogen) atoms. The van der Waals surface area contributed by atoms with E-state index in [0.29, 0.717) is 0 Å². The van der Waals surface area contributed by atoms with Gasteiger partial charge in [-0.1, -0.05) is 6.42 Å². The zero-order valence-electron chi connectivity index (χ0n) is 8.09.